The number of hydrogen-bond donors (Lipinski definition) is 0. The summed E-state index contributed by atoms with van der Waals surface area (Å²) in [6, 6.07) is 0. The standard InChI is InChI=1S/C19H23N7/c1-12-20-9-14-5-7-19(16(14)22-12)6-4-8-26(11-19)18-15-10-21-25(3)17(15)23-13(2)24-18/h9-10H,4-8,11H2,1-3H3. The van der Waals surface area contributed by atoms with Crippen molar-refractivity contribution < 1.29 is 0 Å². The van der Waals surface area contributed by atoms with Crippen LogP contribution in [0.1, 0.15) is 42.2 Å². The number of nitrogens with zero attached hydrogens (tertiary/aromatic N) is 7. The summed E-state index contributed by atoms with van der Waals surface area (Å²) in [7, 11) is 1.93. The second kappa shape index (κ2) is 5.46. The van der Waals surface area contributed by atoms with Gasteiger partial charge in [0.05, 0.1) is 17.3 Å². The van der Waals surface area contributed by atoms with Gasteiger partial charge < -0.3 is 4.90 Å². The maximum absolute atomic E-state index is 4.86. The zero-order valence-corrected chi connectivity index (χ0v) is 15.5. The molecule has 0 radical (unpaired) electrons. The molecule has 0 saturated carbocycles. The number of aryl methyl sites for hydroxylation is 4. The third-order valence-corrected chi connectivity index (χ3v) is 5.92. The average molecular weight is 349 g/mol. The van der Waals surface area contributed by atoms with Crippen LogP contribution in [0.25, 0.3) is 11.0 Å². The number of aromatic nitrogens is 6. The van der Waals surface area contributed by atoms with Crippen LogP contribution >= 0.6 is 0 Å². The fourth-order valence-corrected chi connectivity index (χ4v) is 4.69. The van der Waals surface area contributed by atoms with Crippen LogP contribution < -0.4 is 4.90 Å². The van der Waals surface area contributed by atoms with Gasteiger partial charge in [0.1, 0.15) is 17.5 Å². The highest BCUT2D eigenvalue weighted by atomic mass is 15.3. The molecule has 5 rings (SSSR count). The Hall–Kier alpha value is -2.57. The quantitative estimate of drug-likeness (QED) is 0.671. The van der Waals surface area contributed by atoms with Crippen LogP contribution in [0, 0.1) is 13.8 Å². The molecule has 1 aliphatic heterocycles. The number of fused-ring (bicyclic) bond motifs is 3. The van der Waals surface area contributed by atoms with Crippen LogP contribution in [0.4, 0.5) is 5.82 Å². The molecular formula is C19H23N7. The van der Waals surface area contributed by atoms with Crippen molar-refractivity contribution in [3.63, 3.8) is 0 Å². The molecule has 1 saturated heterocycles. The molecule has 3 aromatic heterocycles. The zero-order chi connectivity index (χ0) is 17.9. The van der Waals surface area contributed by atoms with Gasteiger partial charge in [-0.15, -0.1) is 0 Å². The molecule has 3 aromatic rings. The summed E-state index contributed by atoms with van der Waals surface area (Å²) in [6.07, 6.45) is 8.48. The first kappa shape index (κ1) is 15.7. The van der Waals surface area contributed by atoms with E-state index in [9.17, 15) is 0 Å². The van der Waals surface area contributed by atoms with E-state index in [4.69, 9.17) is 9.97 Å². The molecule has 4 heterocycles. The lowest BCUT2D eigenvalue weighted by atomic mass is 9.77. The fraction of sp³-hybridized carbons (Fsp3) is 0.526. The minimum atomic E-state index is 0.120. The predicted molar refractivity (Wildman–Crippen MR) is 99.3 cm³/mol. The highest BCUT2D eigenvalue weighted by molar-refractivity contribution is 5.87. The van der Waals surface area contributed by atoms with E-state index in [0.717, 1.165) is 60.9 Å². The van der Waals surface area contributed by atoms with Crippen LogP contribution in [-0.2, 0) is 18.9 Å². The van der Waals surface area contributed by atoms with Gasteiger partial charge in [-0.3, -0.25) is 4.68 Å². The molecule has 7 nitrogen and oxygen atoms in total. The Balaban J connectivity index is 1.59. The van der Waals surface area contributed by atoms with Crippen molar-refractivity contribution in [2.45, 2.75) is 44.9 Å². The van der Waals surface area contributed by atoms with Crippen molar-refractivity contribution in [3.8, 4) is 0 Å². The van der Waals surface area contributed by atoms with E-state index in [1.165, 1.54) is 17.7 Å². The normalized spacial score (nSPS) is 22.3. The van der Waals surface area contributed by atoms with Crippen LogP contribution in [0.3, 0.4) is 0 Å². The Morgan fingerprint density at radius 2 is 1.92 bits per heavy atom. The van der Waals surface area contributed by atoms with Crippen LogP contribution in [0.5, 0.6) is 0 Å². The third-order valence-electron chi connectivity index (χ3n) is 5.92. The Morgan fingerprint density at radius 1 is 1.04 bits per heavy atom. The average Bonchev–Trinajstić information content (AvgIpc) is 3.16. The fourth-order valence-electron chi connectivity index (χ4n) is 4.69. The first-order valence-corrected chi connectivity index (χ1v) is 9.30. The van der Waals surface area contributed by atoms with E-state index < -0.39 is 0 Å². The molecule has 1 spiro atoms. The topological polar surface area (TPSA) is 72.6 Å². The molecule has 0 N–H and O–H groups in total. The number of rotatable bonds is 1. The first-order chi connectivity index (χ1) is 12.6. The monoisotopic (exact) mass is 349 g/mol. The molecule has 134 valence electrons. The summed E-state index contributed by atoms with van der Waals surface area (Å²) in [5.41, 5.74) is 3.61. The van der Waals surface area contributed by atoms with Crippen molar-refractivity contribution in [2.75, 3.05) is 18.0 Å². The number of hydrogen-bond acceptors (Lipinski definition) is 6. The lowest BCUT2D eigenvalue weighted by molar-refractivity contribution is 0.333. The van der Waals surface area contributed by atoms with E-state index in [2.05, 4.69) is 20.0 Å². The van der Waals surface area contributed by atoms with Gasteiger partial charge in [-0.2, -0.15) is 5.10 Å². The molecule has 1 aliphatic carbocycles. The predicted octanol–water partition coefficient (Wildman–Crippen LogP) is 2.25. The summed E-state index contributed by atoms with van der Waals surface area (Å²) >= 11 is 0. The minimum absolute atomic E-state index is 0.120. The summed E-state index contributed by atoms with van der Waals surface area (Å²) in [4.78, 5) is 21.1. The molecule has 0 aromatic carbocycles. The van der Waals surface area contributed by atoms with Gasteiger partial charge in [0, 0.05) is 31.7 Å². The molecule has 1 atom stereocenters. The van der Waals surface area contributed by atoms with Crippen molar-refractivity contribution in [1.82, 2.24) is 29.7 Å². The Morgan fingerprint density at radius 3 is 2.81 bits per heavy atom. The smallest absolute Gasteiger partial charge is 0.163 e. The van der Waals surface area contributed by atoms with E-state index in [1.807, 2.05) is 38.0 Å². The van der Waals surface area contributed by atoms with Gasteiger partial charge in [-0.1, -0.05) is 0 Å². The second-order valence-corrected chi connectivity index (χ2v) is 7.70. The molecule has 2 aliphatic rings. The van der Waals surface area contributed by atoms with Crippen molar-refractivity contribution in [1.29, 1.82) is 0 Å². The Bertz CT molecular complexity index is 1000. The molecule has 1 unspecified atom stereocenters. The lowest BCUT2D eigenvalue weighted by Gasteiger charge is -2.41. The van der Waals surface area contributed by atoms with Gasteiger partial charge in [0.2, 0.25) is 0 Å². The summed E-state index contributed by atoms with van der Waals surface area (Å²) in [5.74, 6) is 2.68. The maximum Gasteiger partial charge on any atom is 0.163 e. The number of piperidine rings is 1. The van der Waals surface area contributed by atoms with Crippen LogP contribution in [-0.4, -0.2) is 42.8 Å². The largest absolute Gasteiger partial charge is 0.355 e. The van der Waals surface area contributed by atoms with Gasteiger partial charge in [-0.05, 0) is 45.1 Å². The molecule has 1 fully saturated rings. The van der Waals surface area contributed by atoms with Gasteiger partial charge in [0.15, 0.2) is 5.65 Å². The molecule has 26 heavy (non-hydrogen) atoms. The lowest BCUT2D eigenvalue weighted by Crippen LogP contribution is -2.46. The molecule has 7 heteroatoms. The van der Waals surface area contributed by atoms with Crippen LogP contribution in [0.15, 0.2) is 12.4 Å². The SMILES string of the molecule is Cc1ncc2c(n1)C1(CCCN(c3nc(C)nc4c3cnn4C)C1)CC2. The number of anilines is 1. The maximum atomic E-state index is 4.86. The van der Waals surface area contributed by atoms with E-state index in [0.29, 0.717) is 0 Å². The van der Waals surface area contributed by atoms with Gasteiger partial charge in [0.25, 0.3) is 0 Å². The third kappa shape index (κ3) is 2.22. The zero-order valence-electron chi connectivity index (χ0n) is 15.5. The highest BCUT2D eigenvalue weighted by Crippen LogP contribution is 2.45. The Kier molecular flexibility index (Phi) is 3.29. The minimum Gasteiger partial charge on any atom is -0.355 e. The van der Waals surface area contributed by atoms with Crippen LogP contribution in [0.2, 0.25) is 0 Å². The molecule has 0 amide bonds. The molecule has 0 bridgehead atoms. The van der Waals surface area contributed by atoms with Gasteiger partial charge in [-0.25, -0.2) is 19.9 Å². The van der Waals surface area contributed by atoms with E-state index in [-0.39, 0.29) is 5.41 Å². The van der Waals surface area contributed by atoms with E-state index in [1.54, 1.807) is 0 Å². The second-order valence-electron chi connectivity index (χ2n) is 7.70. The summed E-state index contributed by atoms with van der Waals surface area (Å²) in [6.45, 7) is 5.91. The van der Waals surface area contributed by atoms with Crippen molar-refractivity contribution in [2.24, 2.45) is 7.05 Å². The highest BCUT2D eigenvalue weighted by Gasteiger charge is 2.44. The Labute approximate surface area is 152 Å². The summed E-state index contributed by atoms with van der Waals surface area (Å²) in [5, 5.41) is 5.43. The van der Waals surface area contributed by atoms with Crippen molar-refractivity contribution >= 4 is 16.9 Å². The van der Waals surface area contributed by atoms with Gasteiger partial charge >= 0.3 is 0 Å². The molecular weight excluding hydrogens is 326 g/mol. The van der Waals surface area contributed by atoms with Crippen molar-refractivity contribution in [3.05, 3.63) is 35.3 Å². The first-order valence-electron chi connectivity index (χ1n) is 9.30. The summed E-state index contributed by atoms with van der Waals surface area (Å²) < 4.78 is 1.83. The van der Waals surface area contributed by atoms with E-state index >= 15 is 0 Å².